The van der Waals surface area contributed by atoms with Gasteiger partial charge in [0.1, 0.15) is 11.8 Å². The van der Waals surface area contributed by atoms with Crippen LogP contribution in [0.3, 0.4) is 0 Å². The minimum absolute atomic E-state index is 0.00169. The lowest BCUT2D eigenvalue weighted by molar-refractivity contribution is -0.138. The highest BCUT2D eigenvalue weighted by Gasteiger charge is 2.23. The van der Waals surface area contributed by atoms with Gasteiger partial charge in [-0.3, -0.25) is 9.59 Å². The number of carboxylic acids is 1. The number of piperazine rings is 1. The average Bonchev–Trinajstić information content (AvgIpc) is 2.56. The molecule has 1 fully saturated rings. The molecule has 0 aromatic heterocycles. The van der Waals surface area contributed by atoms with Crippen LogP contribution in [-0.2, 0) is 16.0 Å². The number of amides is 2. The van der Waals surface area contributed by atoms with E-state index in [2.05, 4.69) is 0 Å². The van der Waals surface area contributed by atoms with Crippen molar-refractivity contribution in [2.45, 2.75) is 19.4 Å². The third kappa shape index (κ3) is 4.69. The monoisotopic (exact) mass is 335 g/mol. The first-order chi connectivity index (χ1) is 11.4. The summed E-state index contributed by atoms with van der Waals surface area (Å²) >= 11 is 0. The number of carboxylic acid groups (broad SMARTS) is 1. The zero-order valence-corrected chi connectivity index (χ0v) is 13.5. The number of hydrogen-bond donors (Lipinski definition) is 2. The second-order valence-electron chi connectivity index (χ2n) is 5.65. The molecule has 0 bridgehead atoms. The van der Waals surface area contributed by atoms with Gasteiger partial charge in [-0.25, -0.2) is 4.79 Å². The molecular weight excluding hydrogens is 314 g/mol. The van der Waals surface area contributed by atoms with E-state index in [1.165, 1.54) is 6.92 Å². The summed E-state index contributed by atoms with van der Waals surface area (Å²) in [5.74, 6) is -0.685. The Labute approximate surface area is 139 Å². The normalized spacial score (nSPS) is 15.8. The second-order valence-corrected chi connectivity index (χ2v) is 5.65. The van der Waals surface area contributed by atoms with Gasteiger partial charge in [-0.1, -0.05) is 12.1 Å². The maximum absolute atomic E-state index is 12.1. The first kappa shape index (κ1) is 17.7. The van der Waals surface area contributed by atoms with E-state index < -0.39 is 18.1 Å². The van der Waals surface area contributed by atoms with Gasteiger partial charge in [0.2, 0.25) is 5.91 Å². The molecule has 24 heavy (non-hydrogen) atoms. The number of nitrogens with zero attached hydrogens (tertiary/aromatic N) is 2. The predicted molar refractivity (Wildman–Crippen MR) is 85.6 cm³/mol. The zero-order chi connectivity index (χ0) is 17.7. The molecule has 1 saturated heterocycles. The highest BCUT2D eigenvalue weighted by molar-refractivity contribution is 5.75. The summed E-state index contributed by atoms with van der Waals surface area (Å²) in [6, 6.07) is 5.61. The molecule has 130 valence electrons. The molecule has 1 aliphatic heterocycles. The van der Waals surface area contributed by atoms with Crippen LogP contribution in [0, 0.1) is 0 Å². The number of aliphatic carboxylic acids is 1. The second kappa shape index (κ2) is 7.78. The fraction of sp³-hybridized carbons (Fsp3) is 0.438. The number of ether oxygens (including phenoxy) is 1. The largest absolute Gasteiger partial charge is 0.480 e. The maximum atomic E-state index is 12.1. The molecule has 0 aliphatic carbocycles. The Kier molecular flexibility index (Phi) is 5.75. The Morgan fingerprint density at radius 1 is 1.12 bits per heavy atom. The average molecular weight is 335 g/mol. The summed E-state index contributed by atoms with van der Waals surface area (Å²) in [6.45, 7) is 3.37. The molecule has 8 nitrogen and oxygen atoms in total. The van der Waals surface area contributed by atoms with Crippen LogP contribution in [0.4, 0.5) is 4.79 Å². The van der Waals surface area contributed by atoms with Crippen molar-refractivity contribution in [2.75, 3.05) is 26.2 Å². The summed E-state index contributed by atoms with van der Waals surface area (Å²) in [4.78, 5) is 37.3. The van der Waals surface area contributed by atoms with E-state index in [1.807, 2.05) is 0 Å². The quantitative estimate of drug-likeness (QED) is 0.818. The highest BCUT2D eigenvalue weighted by atomic mass is 16.6. The standard InChI is InChI=1S/C16H21N3O5/c1-11(20)18-6-8-19(9-7-18)16(23)24-13-4-2-12(3-5-13)10-14(17)15(21)22/h2-5,14H,6-10,17H2,1H3,(H,21,22)/t14-/m0/s1. The van der Waals surface area contributed by atoms with E-state index in [-0.39, 0.29) is 12.3 Å². The maximum Gasteiger partial charge on any atom is 0.415 e. The van der Waals surface area contributed by atoms with Crippen LogP contribution in [-0.4, -0.2) is 65.1 Å². The van der Waals surface area contributed by atoms with Crippen LogP contribution in [0.2, 0.25) is 0 Å². The summed E-state index contributed by atoms with van der Waals surface area (Å²) in [6.07, 6.45) is -0.260. The third-order valence-corrected chi connectivity index (χ3v) is 3.88. The van der Waals surface area contributed by atoms with Crippen LogP contribution >= 0.6 is 0 Å². The molecule has 0 unspecified atom stereocenters. The van der Waals surface area contributed by atoms with Crippen molar-refractivity contribution in [1.29, 1.82) is 0 Å². The number of hydrogen-bond acceptors (Lipinski definition) is 5. The Hall–Kier alpha value is -2.61. The van der Waals surface area contributed by atoms with Crippen molar-refractivity contribution in [3.05, 3.63) is 29.8 Å². The van der Waals surface area contributed by atoms with Gasteiger partial charge in [0, 0.05) is 33.1 Å². The van der Waals surface area contributed by atoms with E-state index in [4.69, 9.17) is 15.6 Å². The van der Waals surface area contributed by atoms with Crippen LogP contribution in [0.5, 0.6) is 5.75 Å². The van der Waals surface area contributed by atoms with Gasteiger partial charge in [-0.05, 0) is 24.1 Å². The zero-order valence-electron chi connectivity index (χ0n) is 13.5. The van der Waals surface area contributed by atoms with Crippen LogP contribution in [0.25, 0.3) is 0 Å². The molecule has 2 amide bonds. The number of rotatable bonds is 4. The van der Waals surface area contributed by atoms with Gasteiger partial charge in [0.15, 0.2) is 0 Å². The van der Waals surface area contributed by atoms with Gasteiger partial charge >= 0.3 is 12.1 Å². The van der Waals surface area contributed by atoms with E-state index in [0.717, 1.165) is 5.56 Å². The molecule has 1 heterocycles. The topological polar surface area (TPSA) is 113 Å². The Bertz CT molecular complexity index is 609. The molecule has 1 aromatic carbocycles. The highest BCUT2D eigenvalue weighted by Crippen LogP contribution is 2.15. The minimum atomic E-state index is -1.06. The molecule has 3 N–H and O–H groups in total. The molecular formula is C16H21N3O5. The fourth-order valence-corrected chi connectivity index (χ4v) is 2.40. The van der Waals surface area contributed by atoms with Gasteiger partial charge in [-0.2, -0.15) is 0 Å². The number of carbonyl (C=O) groups excluding carboxylic acids is 2. The van der Waals surface area contributed by atoms with Crippen LogP contribution in [0.1, 0.15) is 12.5 Å². The lowest BCUT2D eigenvalue weighted by Gasteiger charge is -2.33. The molecule has 1 aliphatic rings. The van der Waals surface area contributed by atoms with Gasteiger partial charge in [-0.15, -0.1) is 0 Å². The van der Waals surface area contributed by atoms with Crippen molar-refractivity contribution in [2.24, 2.45) is 5.73 Å². The minimum Gasteiger partial charge on any atom is -0.480 e. The summed E-state index contributed by atoms with van der Waals surface area (Å²) in [5.41, 5.74) is 6.23. The molecule has 0 radical (unpaired) electrons. The number of nitrogens with two attached hydrogens (primary N) is 1. The Morgan fingerprint density at radius 3 is 2.17 bits per heavy atom. The molecule has 1 atom stereocenters. The van der Waals surface area contributed by atoms with E-state index in [9.17, 15) is 14.4 Å². The molecule has 0 spiro atoms. The molecule has 2 rings (SSSR count). The molecule has 1 aromatic rings. The molecule has 0 saturated carbocycles. The van der Waals surface area contributed by atoms with E-state index in [1.54, 1.807) is 34.1 Å². The fourth-order valence-electron chi connectivity index (χ4n) is 2.40. The summed E-state index contributed by atoms with van der Waals surface area (Å²) < 4.78 is 5.29. The smallest absolute Gasteiger partial charge is 0.415 e. The number of benzene rings is 1. The lowest BCUT2D eigenvalue weighted by atomic mass is 10.1. The van der Waals surface area contributed by atoms with Crippen molar-refractivity contribution in [1.82, 2.24) is 9.80 Å². The third-order valence-electron chi connectivity index (χ3n) is 3.88. The van der Waals surface area contributed by atoms with Gasteiger partial charge < -0.3 is 25.4 Å². The van der Waals surface area contributed by atoms with Crippen molar-refractivity contribution in [3.8, 4) is 5.75 Å². The lowest BCUT2D eigenvalue weighted by Crippen LogP contribution is -2.50. The molecule has 8 heteroatoms. The van der Waals surface area contributed by atoms with Crippen molar-refractivity contribution < 1.29 is 24.2 Å². The van der Waals surface area contributed by atoms with Crippen LogP contribution in [0.15, 0.2) is 24.3 Å². The SMILES string of the molecule is CC(=O)N1CCN(C(=O)Oc2ccc(C[C@H](N)C(=O)O)cc2)CC1. The Balaban J connectivity index is 1.86. The van der Waals surface area contributed by atoms with Gasteiger partial charge in [0.05, 0.1) is 0 Å². The first-order valence-electron chi connectivity index (χ1n) is 7.66. The van der Waals surface area contributed by atoms with Crippen molar-refractivity contribution >= 4 is 18.0 Å². The number of carbonyl (C=O) groups is 3. The van der Waals surface area contributed by atoms with Crippen molar-refractivity contribution in [3.63, 3.8) is 0 Å². The van der Waals surface area contributed by atoms with E-state index in [0.29, 0.717) is 31.9 Å². The Morgan fingerprint density at radius 2 is 1.67 bits per heavy atom. The van der Waals surface area contributed by atoms with Crippen LogP contribution < -0.4 is 10.5 Å². The van der Waals surface area contributed by atoms with Gasteiger partial charge in [0.25, 0.3) is 0 Å². The van der Waals surface area contributed by atoms with E-state index >= 15 is 0 Å². The first-order valence-corrected chi connectivity index (χ1v) is 7.66. The summed E-state index contributed by atoms with van der Waals surface area (Å²) in [5, 5.41) is 8.79. The predicted octanol–water partition coefficient (Wildman–Crippen LogP) is 0.304. The summed E-state index contributed by atoms with van der Waals surface area (Å²) in [7, 11) is 0.